The monoisotopic (exact) mass is 383 g/mol. The number of carboxylic acid groups (broad SMARTS) is 1. The van der Waals surface area contributed by atoms with Crippen molar-refractivity contribution < 1.29 is 29.1 Å². The number of nitrogens with zero attached hydrogens (tertiary/aromatic N) is 2. The zero-order chi connectivity index (χ0) is 20.0. The number of fused-ring (bicyclic) bond motifs is 1. The van der Waals surface area contributed by atoms with E-state index in [9.17, 15) is 24.0 Å². The van der Waals surface area contributed by atoms with Gasteiger partial charge in [0.1, 0.15) is 6.04 Å². The molecule has 5 amide bonds. The lowest BCUT2D eigenvalue weighted by Gasteiger charge is -2.27. The summed E-state index contributed by atoms with van der Waals surface area (Å²) in [6, 6.07) is 3.90. The van der Waals surface area contributed by atoms with Crippen molar-refractivity contribution >= 4 is 35.3 Å². The number of carbonyl (C=O) groups is 5. The summed E-state index contributed by atoms with van der Waals surface area (Å²) in [5.74, 6) is -2.16. The van der Waals surface area contributed by atoms with Gasteiger partial charge in [0.2, 0.25) is 11.8 Å². The number of imide groups is 2. The smallest absolute Gasteiger partial charge is 0.407 e. The maximum Gasteiger partial charge on any atom is 0.407 e. The summed E-state index contributed by atoms with van der Waals surface area (Å²) >= 11 is 0. The van der Waals surface area contributed by atoms with Gasteiger partial charge in [0, 0.05) is 19.5 Å². The molecule has 9 heteroatoms. The van der Waals surface area contributed by atoms with E-state index < -0.39 is 35.8 Å². The van der Waals surface area contributed by atoms with E-state index in [-0.39, 0.29) is 30.5 Å². The number of piperidine rings is 1. The first-order chi connectivity index (χ1) is 13.4. The van der Waals surface area contributed by atoms with Crippen LogP contribution in [0, 0.1) is 0 Å². The number of nitrogens with one attached hydrogen (secondary N) is 1. The highest BCUT2D eigenvalue weighted by Gasteiger charge is 2.44. The third kappa shape index (κ3) is 2.84. The molecule has 1 aromatic carbocycles. The summed E-state index contributed by atoms with van der Waals surface area (Å²) in [6.45, 7) is 0.616. The van der Waals surface area contributed by atoms with E-state index >= 15 is 0 Å². The van der Waals surface area contributed by atoms with E-state index in [0.717, 1.165) is 16.0 Å². The summed E-state index contributed by atoms with van der Waals surface area (Å²) in [5.41, 5.74) is 2.09. The van der Waals surface area contributed by atoms with E-state index in [2.05, 4.69) is 5.32 Å². The third-order valence-corrected chi connectivity index (χ3v) is 5.29. The van der Waals surface area contributed by atoms with Gasteiger partial charge < -0.3 is 10.0 Å². The van der Waals surface area contributed by atoms with E-state index in [1.165, 1.54) is 4.90 Å². The number of hydrogen-bond donors (Lipinski definition) is 2. The van der Waals surface area contributed by atoms with Crippen LogP contribution in [0.1, 0.15) is 45.5 Å². The fourth-order valence-corrected chi connectivity index (χ4v) is 3.78. The molecule has 144 valence electrons. The van der Waals surface area contributed by atoms with Crippen LogP contribution in [0.4, 0.5) is 4.79 Å². The highest BCUT2D eigenvalue weighted by molar-refractivity contribution is 6.23. The van der Waals surface area contributed by atoms with Crippen LogP contribution in [0.2, 0.25) is 0 Å². The molecular weight excluding hydrogens is 366 g/mol. The molecule has 2 N–H and O–H groups in total. The third-order valence-electron chi connectivity index (χ3n) is 5.29. The SMILES string of the molecule is O=C1CCC(N2C(=O)c3ccc(C4=CCN(C(=O)O)CC4)cc3C2=O)C(=O)N1. The molecule has 1 unspecified atom stereocenters. The van der Waals surface area contributed by atoms with Crippen LogP contribution in [0.15, 0.2) is 24.3 Å². The topological polar surface area (TPSA) is 124 Å². The maximum absolute atomic E-state index is 12.8. The Balaban J connectivity index is 1.60. The van der Waals surface area contributed by atoms with Crippen LogP contribution in [-0.4, -0.2) is 63.8 Å². The molecular formula is C19H17N3O6. The first-order valence-corrected chi connectivity index (χ1v) is 8.89. The predicted molar refractivity (Wildman–Crippen MR) is 95.3 cm³/mol. The number of amides is 5. The highest BCUT2D eigenvalue weighted by Crippen LogP contribution is 2.31. The molecule has 0 radical (unpaired) electrons. The fraction of sp³-hybridized carbons (Fsp3) is 0.316. The quantitative estimate of drug-likeness (QED) is 0.730. The van der Waals surface area contributed by atoms with Crippen LogP contribution in [0.25, 0.3) is 5.57 Å². The van der Waals surface area contributed by atoms with Crippen LogP contribution in [-0.2, 0) is 9.59 Å². The summed E-state index contributed by atoms with van der Waals surface area (Å²) in [6.07, 6.45) is 1.49. The van der Waals surface area contributed by atoms with Gasteiger partial charge in [0.25, 0.3) is 11.8 Å². The Morgan fingerprint density at radius 3 is 2.46 bits per heavy atom. The first kappa shape index (κ1) is 17.9. The molecule has 1 fully saturated rings. The Morgan fingerprint density at radius 1 is 1.07 bits per heavy atom. The summed E-state index contributed by atoms with van der Waals surface area (Å²) in [4.78, 5) is 62.2. The first-order valence-electron chi connectivity index (χ1n) is 8.89. The standard InChI is InChI=1S/C19H17N3O6/c23-15-4-3-14(16(24)20-15)22-17(25)12-2-1-11(9-13(12)18(22)26)10-5-7-21(8-6-10)19(27)28/h1-2,5,9,14H,3-4,6-8H2,(H,27,28)(H,20,23,24). The van der Waals surface area contributed by atoms with Gasteiger partial charge in [-0.15, -0.1) is 0 Å². The molecule has 3 aliphatic heterocycles. The highest BCUT2D eigenvalue weighted by atomic mass is 16.4. The van der Waals surface area contributed by atoms with Crippen molar-refractivity contribution in [2.24, 2.45) is 0 Å². The lowest BCUT2D eigenvalue weighted by atomic mass is 9.96. The molecule has 0 aromatic heterocycles. The van der Waals surface area contributed by atoms with Crippen molar-refractivity contribution in [1.82, 2.24) is 15.1 Å². The van der Waals surface area contributed by atoms with Gasteiger partial charge in [0.05, 0.1) is 11.1 Å². The minimum Gasteiger partial charge on any atom is -0.465 e. The second-order valence-corrected chi connectivity index (χ2v) is 6.92. The molecule has 0 saturated carbocycles. The Labute approximate surface area is 159 Å². The van der Waals surface area contributed by atoms with Gasteiger partial charge >= 0.3 is 6.09 Å². The minimum absolute atomic E-state index is 0.0715. The van der Waals surface area contributed by atoms with Crippen molar-refractivity contribution in [3.05, 3.63) is 41.0 Å². The molecule has 0 spiro atoms. The molecule has 0 aliphatic carbocycles. The summed E-state index contributed by atoms with van der Waals surface area (Å²) < 4.78 is 0. The van der Waals surface area contributed by atoms with Gasteiger partial charge in [-0.1, -0.05) is 12.1 Å². The lowest BCUT2D eigenvalue weighted by Crippen LogP contribution is -2.54. The van der Waals surface area contributed by atoms with Crippen molar-refractivity contribution in [2.75, 3.05) is 13.1 Å². The largest absolute Gasteiger partial charge is 0.465 e. The fourth-order valence-electron chi connectivity index (χ4n) is 3.78. The number of hydrogen-bond acceptors (Lipinski definition) is 5. The van der Waals surface area contributed by atoms with Crippen LogP contribution in [0.5, 0.6) is 0 Å². The molecule has 1 aromatic rings. The second kappa shape index (κ2) is 6.59. The Morgan fingerprint density at radius 2 is 1.82 bits per heavy atom. The number of benzene rings is 1. The molecule has 4 rings (SSSR count). The van der Waals surface area contributed by atoms with Crippen LogP contribution >= 0.6 is 0 Å². The molecule has 3 heterocycles. The van der Waals surface area contributed by atoms with Gasteiger partial charge in [-0.05, 0) is 36.1 Å². The minimum atomic E-state index is -0.994. The molecule has 0 bridgehead atoms. The average Bonchev–Trinajstić information content (AvgIpc) is 2.92. The van der Waals surface area contributed by atoms with E-state index in [0.29, 0.717) is 13.0 Å². The predicted octanol–water partition coefficient (Wildman–Crippen LogP) is 0.855. The summed E-state index contributed by atoms with van der Waals surface area (Å²) in [7, 11) is 0. The van der Waals surface area contributed by atoms with Crippen LogP contribution < -0.4 is 5.32 Å². The maximum atomic E-state index is 12.8. The van der Waals surface area contributed by atoms with E-state index in [1.807, 2.05) is 0 Å². The number of carbonyl (C=O) groups excluding carboxylic acids is 4. The van der Waals surface area contributed by atoms with Crippen LogP contribution in [0.3, 0.4) is 0 Å². The van der Waals surface area contributed by atoms with Gasteiger partial charge in [0.15, 0.2) is 0 Å². The summed E-state index contributed by atoms with van der Waals surface area (Å²) in [5, 5.41) is 11.2. The zero-order valence-electron chi connectivity index (χ0n) is 14.8. The van der Waals surface area contributed by atoms with Crippen molar-refractivity contribution in [3.8, 4) is 0 Å². The zero-order valence-corrected chi connectivity index (χ0v) is 14.8. The lowest BCUT2D eigenvalue weighted by molar-refractivity contribution is -0.136. The van der Waals surface area contributed by atoms with Crippen molar-refractivity contribution in [2.45, 2.75) is 25.3 Å². The molecule has 3 aliphatic rings. The molecule has 1 atom stereocenters. The van der Waals surface area contributed by atoms with Gasteiger partial charge in [-0.2, -0.15) is 0 Å². The van der Waals surface area contributed by atoms with Gasteiger partial charge in [-0.3, -0.25) is 29.4 Å². The average molecular weight is 383 g/mol. The van der Waals surface area contributed by atoms with Gasteiger partial charge in [-0.25, -0.2) is 4.79 Å². The number of rotatable bonds is 2. The Bertz CT molecular complexity index is 966. The second-order valence-electron chi connectivity index (χ2n) is 6.92. The van der Waals surface area contributed by atoms with Crippen molar-refractivity contribution in [1.29, 1.82) is 0 Å². The normalized spacial score (nSPS) is 22.1. The van der Waals surface area contributed by atoms with E-state index in [4.69, 9.17) is 5.11 Å². The van der Waals surface area contributed by atoms with Crippen molar-refractivity contribution in [3.63, 3.8) is 0 Å². The van der Waals surface area contributed by atoms with E-state index in [1.54, 1.807) is 24.3 Å². The molecule has 28 heavy (non-hydrogen) atoms. The molecule has 9 nitrogen and oxygen atoms in total. The molecule has 1 saturated heterocycles. The Hall–Kier alpha value is -3.49. The Kier molecular flexibility index (Phi) is 4.21.